The number of ether oxygens (including phenoxy) is 2. The molecular formula is C30H33FN8O4. The summed E-state index contributed by atoms with van der Waals surface area (Å²) in [6, 6.07) is 6.39. The Hall–Kier alpha value is -4.94. The number of methoxy groups -OCH3 is 1. The van der Waals surface area contributed by atoms with Crippen LogP contribution in [0.15, 0.2) is 36.7 Å². The number of rotatable bonds is 5. The standard InChI is InChI=1S/C30H33FN8O4/c1-30(2,3)43-29(41)39-14-12-38(13-15-39)28-34-16-21-23(37-28)17(8-10-32-21)24-25(22-19(35-24)9-11-33-27(22)40)36-20-7-5-6-18(31)26(20)42-4/h5-8,10,16,35-36H,9,11-15H2,1-4H3,(H,33,40). The van der Waals surface area contributed by atoms with Crippen LogP contribution in [0, 0.1) is 5.82 Å². The molecule has 13 heteroatoms. The molecular weight excluding hydrogens is 555 g/mol. The Bertz CT molecular complexity index is 1710. The Morgan fingerprint density at radius 1 is 1.12 bits per heavy atom. The van der Waals surface area contributed by atoms with Crippen LogP contribution in [-0.2, 0) is 11.2 Å². The number of benzene rings is 1. The van der Waals surface area contributed by atoms with E-state index in [-0.39, 0.29) is 17.7 Å². The molecule has 0 bridgehead atoms. The summed E-state index contributed by atoms with van der Waals surface area (Å²) in [5.74, 6) is -0.227. The molecule has 12 nitrogen and oxygen atoms in total. The summed E-state index contributed by atoms with van der Waals surface area (Å²) >= 11 is 0. The van der Waals surface area contributed by atoms with Crippen LogP contribution in [0.2, 0.25) is 0 Å². The Kier molecular flexibility index (Phi) is 7.24. The van der Waals surface area contributed by atoms with E-state index < -0.39 is 11.4 Å². The number of fused-ring (bicyclic) bond motifs is 2. The Labute approximate surface area is 247 Å². The Balaban J connectivity index is 1.37. The van der Waals surface area contributed by atoms with Crippen molar-refractivity contribution in [3.63, 3.8) is 0 Å². The second kappa shape index (κ2) is 11.0. The minimum atomic E-state index is -0.565. The SMILES string of the molecule is COc1c(F)cccc1Nc1c(-c2ccnc3cnc(N4CCN(C(=O)OC(C)(C)C)CC4)nc23)[nH]c2c1C(=O)NCC2. The van der Waals surface area contributed by atoms with Crippen molar-refractivity contribution in [2.75, 3.05) is 50.1 Å². The number of amides is 2. The molecule has 1 fully saturated rings. The monoisotopic (exact) mass is 588 g/mol. The number of halogens is 1. The first-order valence-electron chi connectivity index (χ1n) is 14.1. The van der Waals surface area contributed by atoms with Crippen LogP contribution in [0.3, 0.4) is 0 Å². The van der Waals surface area contributed by atoms with Crippen molar-refractivity contribution in [2.45, 2.75) is 32.8 Å². The van der Waals surface area contributed by atoms with Gasteiger partial charge in [0.1, 0.15) is 16.6 Å². The molecule has 0 saturated carbocycles. The zero-order chi connectivity index (χ0) is 30.3. The maximum atomic E-state index is 14.6. The highest BCUT2D eigenvalue weighted by molar-refractivity contribution is 6.08. The first kappa shape index (κ1) is 28.2. The van der Waals surface area contributed by atoms with Crippen molar-refractivity contribution >= 4 is 40.4 Å². The summed E-state index contributed by atoms with van der Waals surface area (Å²) in [5, 5.41) is 6.16. The maximum absolute atomic E-state index is 14.6. The number of pyridine rings is 1. The molecule has 0 atom stereocenters. The predicted molar refractivity (Wildman–Crippen MR) is 159 cm³/mol. The van der Waals surface area contributed by atoms with E-state index in [2.05, 4.69) is 25.6 Å². The van der Waals surface area contributed by atoms with Crippen LogP contribution in [-0.4, -0.2) is 82.3 Å². The quantitative estimate of drug-likeness (QED) is 0.312. The summed E-state index contributed by atoms with van der Waals surface area (Å²) in [6.07, 6.45) is 3.58. The number of carbonyl (C=O) groups excluding carboxylic acids is 2. The van der Waals surface area contributed by atoms with Gasteiger partial charge in [-0.2, -0.15) is 0 Å². The highest BCUT2D eigenvalue weighted by Crippen LogP contribution is 2.41. The van der Waals surface area contributed by atoms with Crippen LogP contribution in [0.1, 0.15) is 36.8 Å². The third kappa shape index (κ3) is 5.49. The van der Waals surface area contributed by atoms with Crippen LogP contribution in [0.5, 0.6) is 5.75 Å². The molecule has 1 aromatic carbocycles. The highest BCUT2D eigenvalue weighted by atomic mass is 19.1. The van der Waals surface area contributed by atoms with Gasteiger partial charge in [-0.1, -0.05) is 6.07 Å². The van der Waals surface area contributed by atoms with Gasteiger partial charge in [0.2, 0.25) is 5.95 Å². The zero-order valence-corrected chi connectivity index (χ0v) is 24.5. The number of aromatic amines is 1. The lowest BCUT2D eigenvalue weighted by molar-refractivity contribution is 0.0240. The lowest BCUT2D eigenvalue weighted by Gasteiger charge is -2.35. The number of piperazine rings is 1. The molecule has 4 aromatic rings. The highest BCUT2D eigenvalue weighted by Gasteiger charge is 2.30. The number of nitrogens with zero attached hydrogens (tertiary/aromatic N) is 5. The first-order chi connectivity index (χ1) is 20.6. The van der Waals surface area contributed by atoms with Gasteiger partial charge < -0.3 is 34.9 Å². The fourth-order valence-corrected chi connectivity index (χ4v) is 5.36. The molecule has 43 heavy (non-hydrogen) atoms. The van der Waals surface area contributed by atoms with Crippen molar-refractivity contribution in [1.82, 2.24) is 30.2 Å². The number of anilines is 3. The third-order valence-electron chi connectivity index (χ3n) is 7.35. The van der Waals surface area contributed by atoms with Crippen LogP contribution < -0.4 is 20.3 Å². The molecule has 1 saturated heterocycles. The van der Waals surface area contributed by atoms with Gasteiger partial charge in [0.05, 0.1) is 35.9 Å². The largest absolute Gasteiger partial charge is 0.492 e. The minimum Gasteiger partial charge on any atom is -0.492 e. The lowest BCUT2D eigenvalue weighted by Crippen LogP contribution is -2.50. The number of nitrogens with one attached hydrogen (secondary N) is 3. The van der Waals surface area contributed by atoms with E-state index in [0.29, 0.717) is 84.3 Å². The van der Waals surface area contributed by atoms with Crippen LogP contribution in [0.4, 0.5) is 26.5 Å². The summed E-state index contributed by atoms with van der Waals surface area (Å²) < 4.78 is 25.4. The van der Waals surface area contributed by atoms with E-state index in [9.17, 15) is 14.0 Å². The van der Waals surface area contributed by atoms with E-state index >= 15 is 0 Å². The van der Waals surface area contributed by atoms with Crippen LogP contribution in [0.25, 0.3) is 22.3 Å². The number of para-hydroxylation sites is 1. The fourth-order valence-electron chi connectivity index (χ4n) is 5.36. The normalized spacial score (nSPS) is 15.2. The maximum Gasteiger partial charge on any atom is 0.410 e. The second-order valence-corrected chi connectivity index (χ2v) is 11.4. The van der Waals surface area contributed by atoms with Crippen molar-refractivity contribution in [3.8, 4) is 17.0 Å². The summed E-state index contributed by atoms with van der Waals surface area (Å²) in [5.41, 5.74) is 3.95. The van der Waals surface area contributed by atoms with Gasteiger partial charge in [-0.15, -0.1) is 0 Å². The van der Waals surface area contributed by atoms with E-state index in [1.807, 2.05) is 31.7 Å². The summed E-state index contributed by atoms with van der Waals surface area (Å²) in [4.78, 5) is 46.7. The van der Waals surface area contributed by atoms with Gasteiger partial charge in [-0.3, -0.25) is 9.78 Å². The van der Waals surface area contributed by atoms with Gasteiger partial charge >= 0.3 is 6.09 Å². The van der Waals surface area contributed by atoms with Gasteiger partial charge in [0.25, 0.3) is 5.91 Å². The molecule has 0 radical (unpaired) electrons. The molecule has 0 unspecified atom stereocenters. The molecule has 2 amide bonds. The van der Waals surface area contributed by atoms with Gasteiger partial charge in [0, 0.05) is 56.6 Å². The average molecular weight is 589 g/mol. The zero-order valence-electron chi connectivity index (χ0n) is 24.5. The summed E-state index contributed by atoms with van der Waals surface area (Å²) in [7, 11) is 1.39. The van der Waals surface area contributed by atoms with Crippen molar-refractivity contribution in [3.05, 3.63) is 53.7 Å². The van der Waals surface area contributed by atoms with E-state index in [4.69, 9.17) is 14.5 Å². The van der Waals surface area contributed by atoms with E-state index in [0.717, 1.165) is 5.69 Å². The smallest absolute Gasteiger partial charge is 0.410 e. The molecule has 2 aliphatic rings. The molecule has 3 aromatic heterocycles. The van der Waals surface area contributed by atoms with Crippen molar-refractivity contribution in [2.24, 2.45) is 0 Å². The Morgan fingerprint density at radius 3 is 2.65 bits per heavy atom. The summed E-state index contributed by atoms with van der Waals surface area (Å²) in [6.45, 7) is 8.03. The number of carbonyl (C=O) groups is 2. The third-order valence-corrected chi connectivity index (χ3v) is 7.35. The molecule has 224 valence electrons. The topological polar surface area (TPSA) is 138 Å². The molecule has 2 aliphatic heterocycles. The molecule has 0 spiro atoms. The van der Waals surface area contributed by atoms with Crippen LogP contribution >= 0.6 is 0 Å². The second-order valence-electron chi connectivity index (χ2n) is 11.4. The van der Waals surface area contributed by atoms with Crippen molar-refractivity contribution in [1.29, 1.82) is 0 Å². The minimum absolute atomic E-state index is 0.0364. The fraction of sp³-hybridized carbons (Fsp3) is 0.367. The number of H-pyrrole nitrogens is 1. The number of hydrogen-bond donors (Lipinski definition) is 3. The Morgan fingerprint density at radius 2 is 1.91 bits per heavy atom. The molecule has 3 N–H and O–H groups in total. The number of aromatic nitrogens is 4. The molecule has 6 rings (SSSR count). The predicted octanol–water partition coefficient (Wildman–Crippen LogP) is 4.25. The number of hydrogen-bond acceptors (Lipinski definition) is 9. The first-order valence-corrected chi connectivity index (χ1v) is 14.1. The van der Waals surface area contributed by atoms with Crippen molar-refractivity contribution < 1.29 is 23.5 Å². The van der Waals surface area contributed by atoms with Gasteiger partial charge in [0.15, 0.2) is 11.6 Å². The van der Waals surface area contributed by atoms with Gasteiger partial charge in [-0.05, 0) is 39.0 Å². The van der Waals surface area contributed by atoms with E-state index in [1.165, 1.54) is 13.2 Å². The molecule has 0 aliphatic carbocycles. The average Bonchev–Trinajstić information content (AvgIpc) is 3.35. The lowest BCUT2D eigenvalue weighted by atomic mass is 10.0. The van der Waals surface area contributed by atoms with Gasteiger partial charge in [-0.25, -0.2) is 19.2 Å². The van der Waals surface area contributed by atoms with E-state index in [1.54, 1.807) is 29.4 Å². The molecule has 5 heterocycles.